The lowest BCUT2D eigenvalue weighted by atomic mass is 10.1. The zero-order valence-corrected chi connectivity index (χ0v) is 19.4. The molecule has 2 aromatic carbocycles. The lowest BCUT2D eigenvalue weighted by molar-refractivity contribution is -0.130. The Morgan fingerprint density at radius 3 is 2.39 bits per heavy atom. The van der Waals surface area contributed by atoms with Gasteiger partial charge in [0.2, 0.25) is 5.91 Å². The number of carbonyl (C=O) groups is 1. The largest absolute Gasteiger partial charge is 0.339 e. The summed E-state index contributed by atoms with van der Waals surface area (Å²) < 4.78 is 1.80. The SMILES string of the molecule is CC(c1ccccc1)N1CCN(C(=O)CSc2ncnc3c2cnn3-c2ccccc2)CC1. The van der Waals surface area contributed by atoms with Gasteiger partial charge in [-0.25, -0.2) is 14.6 Å². The molecule has 7 nitrogen and oxygen atoms in total. The molecule has 1 atom stereocenters. The number of hydrogen-bond donors (Lipinski definition) is 0. The van der Waals surface area contributed by atoms with E-state index < -0.39 is 0 Å². The monoisotopic (exact) mass is 458 g/mol. The van der Waals surface area contributed by atoms with E-state index in [4.69, 9.17) is 0 Å². The van der Waals surface area contributed by atoms with Crippen LogP contribution >= 0.6 is 11.8 Å². The van der Waals surface area contributed by atoms with Gasteiger partial charge < -0.3 is 4.90 Å². The number of para-hydroxylation sites is 1. The number of fused-ring (bicyclic) bond motifs is 1. The lowest BCUT2D eigenvalue weighted by Gasteiger charge is -2.38. The van der Waals surface area contributed by atoms with Crippen molar-refractivity contribution < 1.29 is 4.79 Å². The molecule has 1 saturated heterocycles. The molecule has 1 amide bonds. The van der Waals surface area contributed by atoms with Crippen molar-refractivity contribution in [3.05, 3.63) is 78.8 Å². The number of carbonyl (C=O) groups excluding carboxylic acids is 1. The molecular weight excluding hydrogens is 432 g/mol. The van der Waals surface area contributed by atoms with Crippen LogP contribution in [0.25, 0.3) is 16.7 Å². The van der Waals surface area contributed by atoms with E-state index in [0.29, 0.717) is 11.8 Å². The van der Waals surface area contributed by atoms with Crippen LogP contribution < -0.4 is 0 Å². The second-order valence-electron chi connectivity index (χ2n) is 8.10. The summed E-state index contributed by atoms with van der Waals surface area (Å²) in [5.41, 5.74) is 3.01. The van der Waals surface area contributed by atoms with E-state index in [1.54, 1.807) is 17.2 Å². The Hall–Kier alpha value is -3.23. The summed E-state index contributed by atoms with van der Waals surface area (Å²) in [5, 5.41) is 6.14. The summed E-state index contributed by atoms with van der Waals surface area (Å²) in [4.78, 5) is 26.2. The summed E-state index contributed by atoms with van der Waals surface area (Å²) in [7, 11) is 0. The third-order valence-electron chi connectivity index (χ3n) is 6.16. The van der Waals surface area contributed by atoms with Gasteiger partial charge in [0.15, 0.2) is 5.65 Å². The van der Waals surface area contributed by atoms with Crippen molar-refractivity contribution in [2.45, 2.75) is 18.0 Å². The molecule has 0 spiro atoms. The van der Waals surface area contributed by atoms with E-state index >= 15 is 0 Å². The number of benzene rings is 2. The molecule has 0 bridgehead atoms. The average Bonchev–Trinajstić information content (AvgIpc) is 3.33. The zero-order chi connectivity index (χ0) is 22.6. The van der Waals surface area contributed by atoms with Crippen molar-refractivity contribution in [2.75, 3.05) is 31.9 Å². The number of nitrogens with zero attached hydrogens (tertiary/aromatic N) is 6. The molecule has 0 aliphatic carbocycles. The zero-order valence-electron chi connectivity index (χ0n) is 18.5. The number of hydrogen-bond acceptors (Lipinski definition) is 6. The van der Waals surface area contributed by atoms with Crippen molar-refractivity contribution in [1.82, 2.24) is 29.5 Å². The van der Waals surface area contributed by atoms with Crippen LogP contribution in [0.15, 0.2) is 78.2 Å². The predicted molar refractivity (Wildman–Crippen MR) is 130 cm³/mol. The standard InChI is InChI=1S/C25H26N6OS/c1-19(20-8-4-2-5-9-20)29-12-14-30(15-13-29)23(32)17-33-25-22-16-28-31(24(22)26-18-27-25)21-10-6-3-7-11-21/h2-11,16,18-19H,12-15,17H2,1H3. The number of rotatable bonds is 6. The predicted octanol–water partition coefficient (Wildman–Crippen LogP) is 3.81. The van der Waals surface area contributed by atoms with Crippen LogP contribution in [-0.4, -0.2) is 67.4 Å². The van der Waals surface area contributed by atoms with E-state index in [1.165, 1.54) is 17.3 Å². The molecule has 8 heteroatoms. The van der Waals surface area contributed by atoms with Crippen molar-refractivity contribution >= 4 is 28.7 Å². The average molecular weight is 459 g/mol. The molecule has 0 radical (unpaired) electrons. The van der Waals surface area contributed by atoms with Crippen LogP contribution in [0.3, 0.4) is 0 Å². The van der Waals surface area contributed by atoms with Crippen LogP contribution in [0, 0.1) is 0 Å². The van der Waals surface area contributed by atoms with Crippen molar-refractivity contribution in [2.24, 2.45) is 0 Å². The number of piperazine rings is 1. The summed E-state index contributed by atoms with van der Waals surface area (Å²) in [5.74, 6) is 0.505. The highest BCUT2D eigenvalue weighted by Gasteiger charge is 2.25. The molecule has 0 saturated carbocycles. The number of amides is 1. The van der Waals surface area contributed by atoms with Crippen molar-refractivity contribution in [3.63, 3.8) is 0 Å². The van der Waals surface area contributed by atoms with Gasteiger partial charge in [0, 0.05) is 32.2 Å². The first-order chi connectivity index (χ1) is 16.2. The highest BCUT2D eigenvalue weighted by Crippen LogP contribution is 2.26. The van der Waals surface area contributed by atoms with E-state index in [2.05, 4.69) is 51.2 Å². The third-order valence-corrected chi connectivity index (χ3v) is 7.15. The van der Waals surface area contributed by atoms with E-state index in [1.807, 2.05) is 41.3 Å². The molecule has 2 aromatic heterocycles. The topological polar surface area (TPSA) is 67.2 Å². The Labute approximate surface area is 197 Å². The highest BCUT2D eigenvalue weighted by molar-refractivity contribution is 8.00. The molecule has 4 aromatic rings. The van der Waals surface area contributed by atoms with Gasteiger partial charge in [0.05, 0.1) is 23.0 Å². The minimum Gasteiger partial charge on any atom is -0.339 e. The van der Waals surface area contributed by atoms with Crippen molar-refractivity contribution in [3.8, 4) is 5.69 Å². The van der Waals surface area contributed by atoms with Crippen LogP contribution in [0.2, 0.25) is 0 Å². The maximum atomic E-state index is 12.9. The minimum absolute atomic E-state index is 0.147. The van der Waals surface area contributed by atoms with Gasteiger partial charge in [-0.1, -0.05) is 60.3 Å². The Kier molecular flexibility index (Phi) is 6.37. The quantitative estimate of drug-likeness (QED) is 0.323. The van der Waals surface area contributed by atoms with Gasteiger partial charge in [-0.05, 0) is 24.6 Å². The maximum Gasteiger partial charge on any atom is 0.233 e. The highest BCUT2D eigenvalue weighted by atomic mass is 32.2. The maximum absolute atomic E-state index is 12.9. The molecule has 1 unspecified atom stereocenters. The summed E-state index contributed by atoms with van der Waals surface area (Å²) in [6.07, 6.45) is 3.32. The third kappa shape index (κ3) is 4.62. The number of aromatic nitrogens is 4. The smallest absolute Gasteiger partial charge is 0.233 e. The van der Waals surface area contributed by atoms with Crippen LogP contribution in [0.5, 0.6) is 0 Å². The molecule has 33 heavy (non-hydrogen) atoms. The van der Waals surface area contributed by atoms with Crippen LogP contribution in [-0.2, 0) is 4.79 Å². The van der Waals surface area contributed by atoms with E-state index in [-0.39, 0.29) is 5.91 Å². The van der Waals surface area contributed by atoms with Gasteiger partial charge in [-0.2, -0.15) is 5.10 Å². The molecule has 1 fully saturated rings. The van der Waals surface area contributed by atoms with Crippen LogP contribution in [0.1, 0.15) is 18.5 Å². The Balaban J connectivity index is 1.20. The molecular formula is C25H26N6OS. The molecule has 3 heterocycles. The van der Waals surface area contributed by atoms with Gasteiger partial charge in [0.1, 0.15) is 11.4 Å². The van der Waals surface area contributed by atoms with Crippen molar-refractivity contribution in [1.29, 1.82) is 0 Å². The molecule has 0 N–H and O–H groups in total. The first kappa shape index (κ1) is 21.6. The minimum atomic E-state index is 0.147. The first-order valence-corrected chi connectivity index (χ1v) is 12.1. The molecule has 1 aliphatic rings. The second-order valence-corrected chi connectivity index (χ2v) is 9.06. The first-order valence-electron chi connectivity index (χ1n) is 11.1. The fourth-order valence-electron chi connectivity index (χ4n) is 4.22. The van der Waals surface area contributed by atoms with Gasteiger partial charge >= 0.3 is 0 Å². The van der Waals surface area contributed by atoms with E-state index in [9.17, 15) is 4.79 Å². The summed E-state index contributed by atoms with van der Waals surface area (Å²) in [6, 6.07) is 20.8. The van der Waals surface area contributed by atoms with Crippen LogP contribution in [0.4, 0.5) is 0 Å². The van der Waals surface area contributed by atoms with Gasteiger partial charge in [0.25, 0.3) is 0 Å². The van der Waals surface area contributed by atoms with Gasteiger partial charge in [-0.15, -0.1) is 0 Å². The lowest BCUT2D eigenvalue weighted by Crippen LogP contribution is -2.49. The normalized spacial score (nSPS) is 15.6. The summed E-state index contributed by atoms with van der Waals surface area (Å²) >= 11 is 1.45. The Morgan fingerprint density at radius 2 is 1.67 bits per heavy atom. The Morgan fingerprint density at radius 1 is 0.970 bits per heavy atom. The molecule has 168 valence electrons. The molecule has 1 aliphatic heterocycles. The second kappa shape index (κ2) is 9.72. The summed E-state index contributed by atoms with van der Waals surface area (Å²) in [6.45, 7) is 5.50. The van der Waals surface area contributed by atoms with Gasteiger partial charge in [-0.3, -0.25) is 9.69 Å². The molecule has 5 rings (SSSR count). The fourth-order valence-corrected chi connectivity index (χ4v) is 5.08. The Bertz CT molecular complexity index is 1220. The number of thioether (sulfide) groups is 1. The van der Waals surface area contributed by atoms with E-state index in [0.717, 1.165) is 47.9 Å². The fraction of sp³-hybridized carbons (Fsp3) is 0.280.